The predicted molar refractivity (Wildman–Crippen MR) is 112 cm³/mol. The largest absolute Gasteiger partial charge is 0.459 e. The minimum atomic E-state index is -0.0740. The molecule has 1 aromatic heterocycles. The second-order valence-corrected chi connectivity index (χ2v) is 8.21. The van der Waals surface area contributed by atoms with Crippen LogP contribution in [0.3, 0.4) is 0 Å². The van der Waals surface area contributed by atoms with Crippen LogP contribution in [0.1, 0.15) is 61.1 Å². The molecule has 2 saturated heterocycles. The number of rotatable bonds is 5. The van der Waals surface area contributed by atoms with E-state index in [-0.39, 0.29) is 23.8 Å². The van der Waals surface area contributed by atoms with Crippen LogP contribution in [-0.2, 0) is 4.79 Å². The SMILES string of the molecule is CC[C@@H](c1ccccc1)[C@@H]1CCCN1C(=O)C1CCN(C(=O)c2ccco2)CC1. The Morgan fingerprint density at radius 2 is 1.79 bits per heavy atom. The molecular formula is C24H30N2O3. The van der Waals surface area contributed by atoms with Crippen LogP contribution in [-0.4, -0.2) is 47.3 Å². The maximum Gasteiger partial charge on any atom is 0.289 e. The number of hydrogen-bond acceptors (Lipinski definition) is 3. The lowest BCUT2D eigenvalue weighted by Crippen LogP contribution is -2.47. The van der Waals surface area contributed by atoms with Crippen LogP contribution >= 0.6 is 0 Å². The van der Waals surface area contributed by atoms with E-state index in [1.165, 1.54) is 11.8 Å². The summed E-state index contributed by atoms with van der Waals surface area (Å²) in [6.07, 6.45) is 6.18. The van der Waals surface area contributed by atoms with Crippen LogP contribution in [0.2, 0.25) is 0 Å². The van der Waals surface area contributed by atoms with Crippen LogP contribution in [0.15, 0.2) is 53.1 Å². The molecule has 0 unspecified atom stereocenters. The van der Waals surface area contributed by atoms with Crippen LogP contribution in [0, 0.1) is 5.92 Å². The molecular weight excluding hydrogens is 364 g/mol. The molecule has 0 radical (unpaired) electrons. The fourth-order valence-corrected chi connectivity index (χ4v) is 5.03. The summed E-state index contributed by atoms with van der Waals surface area (Å²) in [6.45, 7) is 4.31. The molecule has 5 nitrogen and oxygen atoms in total. The van der Waals surface area contributed by atoms with Crippen molar-refractivity contribution in [3.8, 4) is 0 Å². The van der Waals surface area contributed by atoms with Gasteiger partial charge in [-0.2, -0.15) is 0 Å². The molecule has 4 rings (SSSR count). The van der Waals surface area contributed by atoms with Gasteiger partial charge in [0.15, 0.2) is 5.76 Å². The molecule has 2 aromatic rings. The van der Waals surface area contributed by atoms with Gasteiger partial charge in [-0.05, 0) is 49.8 Å². The maximum absolute atomic E-state index is 13.4. The third kappa shape index (κ3) is 4.09. The standard InChI is InChI=1S/C24H30N2O3/c1-2-20(18-8-4-3-5-9-18)21-10-6-14-26(21)23(27)19-12-15-25(16-13-19)24(28)22-11-7-17-29-22/h3-5,7-9,11,17,19-21H,2,6,10,12-16H2,1H3/t20-,21-/m0/s1. The third-order valence-electron chi connectivity index (χ3n) is 6.58. The lowest BCUT2D eigenvalue weighted by atomic mass is 9.86. The zero-order valence-corrected chi connectivity index (χ0v) is 17.1. The molecule has 2 amide bonds. The zero-order valence-electron chi connectivity index (χ0n) is 17.1. The van der Waals surface area contributed by atoms with E-state index in [4.69, 9.17) is 4.42 Å². The van der Waals surface area contributed by atoms with Gasteiger partial charge in [0.2, 0.25) is 5.91 Å². The normalized spacial score (nSPS) is 21.3. The van der Waals surface area contributed by atoms with E-state index in [0.29, 0.717) is 24.8 Å². The van der Waals surface area contributed by atoms with Gasteiger partial charge in [-0.1, -0.05) is 37.3 Å². The van der Waals surface area contributed by atoms with E-state index in [2.05, 4.69) is 36.1 Å². The Hall–Kier alpha value is -2.56. The minimum Gasteiger partial charge on any atom is -0.459 e. The van der Waals surface area contributed by atoms with Crippen molar-refractivity contribution in [1.29, 1.82) is 0 Å². The molecule has 2 aliphatic heterocycles. The second-order valence-electron chi connectivity index (χ2n) is 8.21. The van der Waals surface area contributed by atoms with Crippen LogP contribution in [0.5, 0.6) is 0 Å². The Morgan fingerprint density at radius 3 is 2.45 bits per heavy atom. The number of carbonyl (C=O) groups is 2. The molecule has 1 aromatic carbocycles. The molecule has 0 bridgehead atoms. The molecule has 0 saturated carbocycles. The highest BCUT2D eigenvalue weighted by atomic mass is 16.3. The Bertz CT molecular complexity index is 810. The average Bonchev–Trinajstić information content (AvgIpc) is 3.47. The summed E-state index contributed by atoms with van der Waals surface area (Å²) < 4.78 is 5.23. The van der Waals surface area contributed by atoms with Crippen molar-refractivity contribution in [3.05, 3.63) is 60.1 Å². The van der Waals surface area contributed by atoms with E-state index >= 15 is 0 Å². The fraction of sp³-hybridized carbons (Fsp3) is 0.500. The first-order chi connectivity index (χ1) is 14.2. The van der Waals surface area contributed by atoms with E-state index in [9.17, 15) is 9.59 Å². The van der Waals surface area contributed by atoms with Gasteiger partial charge in [0.05, 0.1) is 6.26 Å². The van der Waals surface area contributed by atoms with Gasteiger partial charge >= 0.3 is 0 Å². The summed E-state index contributed by atoms with van der Waals surface area (Å²) in [7, 11) is 0. The summed E-state index contributed by atoms with van der Waals surface area (Å²) >= 11 is 0. The molecule has 5 heteroatoms. The van der Waals surface area contributed by atoms with E-state index < -0.39 is 0 Å². The fourth-order valence-electron chi connectivity index (χ4n) is 5.03. The number of likely N-dealkylation sites (tertiary alicyclic amines) is 2. The average molecular weight is 395 g/mol. The van der Waals surface area contributed by atoms with Gasteiger partial charge in [-0.25, -0.2) is 0 Å². The number of benzene rings is 1. The Morgan fingerprint density at radius 1 is 1.03 bits per heavy atom. The van der Waals surface area contributed by atoms with Gasteiger partial charge in [-0.3, -0.25) is 9.59 Å². The monoisotopic (exact) mass is 394 g/mol. The molecule has 0 N–H and O–H groups in total. The third-order valence-corrected chi connectivity index (χ3v) is 6.58. The summed E-state index contributed by atoms with van der Waals surface area (Å²) in [6, 6.07) is 14.3. The molecule has 2 aliphatic rings. The number of hydrogen-bond donors (Lipinski definition) is 0. The second kappa shape index (κ2) is 8.85. The molecule has 0 aliphatic carbocycles. The number of nitrogens with zero attached hydrogens (tertiary/aromatic N) is 2. The number of carbonyl (C=O) groups excluding carboxylic acids is 2. The highest BCUT2D eigenvalue weighted by Crippen LogP contribution is 2.35. The van der Waals surface area contributed by atoms with Crippen molar-refractivity contribution >= 4 is 11.8 Å². The van der Waals surface area contributed by atoms with Gasteiger partial charge in [0.25, 0.3) is 5.91 Å². The molecule has 2 fully saturated rings. The van der Waals surface area contributed by atoms with Gasteiger partial charge < -0.3 is 14.2 Å². The Kier molecular flexibility index (Phi) is 6.02. The molecule has 3 heterocycles. The Balaban J connectivity index is 1.39. The highest BCUT2D eigenvalue weighted by molar-refractivity contribution is 5.91. The minimum absolute atomic E-state index is 0.0181. The summed E-state index contributed by atoms with van der Waals surface area (Å²) in [4.78, 5) is 29.8. The van der Waals surface area contributed by atoms with Crippen LogP contribution in [0.25, 0.3) is 0 Å². The van der Waals surface area contributed by atoms with Crippen LogP contribution < -0.4 is 0 Å². The number of furan rings is 1. The Labute approximate surface area is 172 Å². The van der Waals surface area contributed by atoms with Crippen molar-refractivity contribution in [2.75, 3.05) is 19.6 Å². The summed E-state index contributed by atoms with van der Waals surface area (Å²) in [5.41, 5.74) is 1.33. The van der Waals surface area contributed by atoms with E-state index in [0.717, 1.165) is 38.6 Å². The van der Waals surface area contributed by atoms with E-state index in [1.54, 1.807) is 12.1 Å². The number of piperidine rings is 1. The first-order valence-electron chi connectivity index (χ1n) is 10.9. The van der Waals surface area contributed by atoms with Gasteiger partial charge in [-0.15, -0.1) is 0 Å². The summed E-state index contributed by atoms with van der Waals surface area (Å²) in [5.74, 6) is 0.998. The van der Waals surface area contributed by atoms with Gasteiger partial charge in [0.1, 0.15) is 0 Å². The maximum atomic E-state index is 13.4. The molecule has 29 heavy (non-hydrogen) atoms. The van der Waals surface area contributed by atoms with Crippen LogP contribution in [0.4, 0.5) is 0 Å². The zero-order chi connectivity index (χ0) is 20.2. The van der Waals surface area contributed by atoms with Crippen molar-refractivity contribution in [2.24, 2.45) is 5.92 Å². The predicted octanol–water partition coefficient (Wildman–Crippen LogP) is 4.32. The number of amides is 2. The lowest BCUT2D eigenvalue weighted by Gasteiger charge is -2.37. The van der Waals surface area contributed by atoms with Crippen molar-refractivity contribution in [2.45, 2.75) is 51.0 Å². The van der Waals surface area contributed by atoms with Crippen molar-refractivity contribution in [1.82, 2.24) is 9.80 Å². The molecule has 154 valence electrons. The smallest absolute Gasteiger partial charge is 0.289 e. The molecule has 2 atom stereocenters. The van der Waals surface area contributed by atoms with Crippen molar-refractivity contribution < 1.29 is 14.0 Å². The first kappa shape index (κ1) is 19.7. The lowest BCUT2D eigenvalue weighted by molar-refractivity contribution is -0.138. The molecule has 0 spiro atoms. The first-order valence-corrected chi connectivity index (χ1v) is 10.9. The van der Waals surface area contributed by atoms with Gasteiger partial charge in [0, 0.05) is 37.5 Å². The highest BCUT2D eigenvalue weighted by Gasteiger charge is 2.38. The van der Waals surface area contributed by atoms with Crippen molar-refractivity contribution in [3.63, 3.8) is 0 Å². The topological polar surface area (TPSA) is 53.8 Å². The quantitative estimate of drug-likeness (QED) is 0.759. The summed E-state index contributed by atoms with van der Waals surface area (Å²) in [5, 5.41) is 0. The van der Waals surface area contributed by atoms with E-state index in [1.807, 2.05) is 11.0 Å².